The first kappa shape index (κ1) is 23.9. The van der Waals surface area contributed by atoms with Crippen molar-refractivity contribution in [3.05, 3.63) is 29.8 Å². The van der Waals surface area contributed by atoms with E-state index in [9.17, 15) is 0 Å². The number of hydrogen-bond acceptors (Lipinski definition) is 1. The molecule has 0 amide bonds. The second kappa shape index (κ2) is 12.1. The summed E-state index contributed by atoms with van der Waals surface area (Å²) in [7, 11) is 4.25. The van der Waals surface area contributed by atoms with Gasteiger partial charge in [0.2, 0.25) is 0 Å². The molecule has 0 spiro atoms. The predicted octanol–water partition coefficient (Wildman–Crippen LogP) is 6.52. The zero-order chi connectivity index (χ0) is 17.8. The van der Waals surface area contributed by atoms with E-state index in [1.54, 1.807) is 0 Å². The van der Waals surface area contributed by atoms with Gasteiger partial charge < -0.3 is 3.07 Å². The molecule has 1 unspecified atom stereocenters. The van der Waals surface area contributed by atoms with Crippen LogP contribution in [0.15, 0.2) is 24.3 Å². The van der Waals surface area contributed by atoms with Gasteiger partial charge in [0.25, 0.3) is 0 Å². The summed E-state index contributed by atoms with van der Waals surface area (Å²) >= 11 is 1.92. The van der Waals surface area contributed by atoms with Crippen molar-refractivity contribution in [1.29, 1.82) is 0 Å². The molecule has 3 heteroatoms. The Morgan fingerprint density at radius 2 is 1.45 bits per heavy atom. The molecule has 0 aliphatic rings. The average molecular weight is 415 g/mol. The molecule has 0 bridgehead atoms. The Bertz CT molecular complexity index is 389. The second-order valence-electron chi connectivity index (χ2n) is 6.21. The van der Waals surface area contributed by atoms with Gasteiger partial charge in [-0.2, -0.15) is 0 Å². The van der Waals surface area contributed by atoms with Gasteiger partial charge in [0, 0.05) is 0 Å². The first-order valence-corrected chi connectivity index (χ1v) is 9.05. The van der Waals surface area contributed by atoms with Crippen molar-refractivity contribution in [2.75, 3.05) is 0 Å². The van der Waals surface area contributed by atoms with Crippen LogP contribution in [0.1, 0.15) is 73.3 Å². The third-order valence-electron chi connectivity index (χ3n) is 4.25. The summed E-state index contributed by atoms with van der Waals surface area (Å²) in [6.45, 7) is 18.4. The Labute approximate surface area is 154 Å². The fraction of sp³-hybridized carbons (Fsp3) is 0.632. The van der Waals surface area contributed by atoms with Crippen molar-refractivity contribution in [2.45, 2.75) is 73.1 Å². The first-order chi connectivity index (χ1) is 10.4. The van der Waals surface area contributed by atoms with Gasteiger partial charge in [-0.1, -0.05) is 67.0 Å². The van der Waals surface area contributed by atoms with Gasteiger partial charge in [0.1, 0.15) is 5.75 Å². The van der Waals surface area contributed by atoms with Crippen LogP contribution in [-0.4, -0.2) is 14.0 Å². The van der Waals surface area contributed by atoms with Crippen molar-refractivity contribution in [3.63, 3.8) is 0 Å². The van der Waals surface area contributed by atoms with Gasteiger partial charge >= 0.3 is 14.0 Å². The number of benzene rings is 1. The summed E-state index contributed by atoms with van der Waals surface area (Å²) in [4.78, 5) is 0. The molecule has 1 atom stereocenters. The molecule has 0 saturated heterocycles. The van der Waals surface area contributed by atoms with E-state index >= 15 is 0 Å². The van der Waals surface area contributed by atoms with E-state index in [0.717, 1.165) is 5.75 Å². The molecule has 0 aliphatic carbocycles. The molecule has 22 heavy (non-hydrogen) atoms. The fourth-order valence-corrected chi connectivity index (χ4v) is 2.81. The summed E-state index contributed by atoms with van der Waals surface area (Å²) in [6, 6.07) is 8.55. The van der Waals surface area contributed by atoms with Crippen molar-refractivity contribution >= 4 is 37.0 Å². The van der Waals surface area contributed by atoms with Gasteiger partial charge in [-0.15, -0.1) is 0 Å². The van der Waals surface area contributed by atoms with Crippen LogP contribution >= 0.6 is 23.0 Å². The van der Waals surface area contributed by atoms with E-state index in [0.29, 0.717) is 5.41 Å². The minimum absolute atomic E-state index is 0.253. The van der Waals surface area contributed by atoms with E-state index in [2.05, 4.69) is 72.8 Å². The zero-order valence-electron chi connectivity index (χ0n) is 15.5. The maximum atomic E-state index is 5.21. The van der Waals surface area contributed by atoms with Crippen LogP contribution in [0.4, 0.5) is 0 Å². The zero-order valence-corrected chi connectivity index (χ0v) is 17.7. The molecule has 0 N–H and O–H groups in total. The van der Waals surface area contributed by atoms with Crippen LogP contribution in [-0.2, 0) is 5.41 Å². The average Bonchev–Trinajstić information content (AvgIpc) is 2.58. The molecule has 0 saturated carbocycles. The van der Waals surface area contributed by atoms with Crippen molar-refractivity contribution in [2.24, 2.45) is 5.41 Å². The maximum absolute atomic E-state index is 5.21. The Kier molecular flexibility index (Phi) is 13.2. The summed E-state index contributed by atoms with van der Waals surface area (Å²) in [5.41, 5.74) is 2.07. The molecule has 1 rings (SSSR count). The molecule has 0 aromatic heterocycles. The van der Waals surface area contributed by atoms with E-state index in [4.69, 9.17) is 3.07 Å². The van der Waals surface area contributed by atoms with Crippen molar-refractivity contribution < 1.29 is 3.07 Å². The van der Waals surface area contributed by atoms with Crippen molar-refractivity contribution in [3.8, 4) is 5.75 Å². The van der Waals surface area contributed by atoms with Crippen LogP contribution in [0.25, 0.3) is 0 Å². The Morgan fingerprint density at radius 1 is 1.00 bits per heavy atom. The molecule has 1 nitrogen and oxygen atoms in total. The molecule has 1 aromatic carbocycles. The van der Waals surface area contributed by atoms with Crippen LogP contribution < -0.4 is 3.07 Å². The van der Waals surface area contributed by atoms with Gasteiger partial charge in [0.05, 0.1) is 0 Å². The normalized spacial score (nSPS) is 12.9. The van der Waals surface area contributed by atoms with Gasteiger partial charge in [-0.3, -0.25) is 0 Å². The first-order valence-electron chi connectivity index (χ1n) is 8.17. The van der Waals surface area contributed by atoms with Crippen LogP contribution in [0.5, 0.6) is 5.75 Å². The summed E-state index contributed by atoms with van der Waals surface area (Å²) in [6.07, 6.45) is 3.61. The minimum atomic E-state index is 0.253. The molecule has 125 valence electrons. The van der Waals surface area contributed by atoms with E-state index < -0.39 is 0 Å². The molecule has 0 fully saturated rings. The van der Waals surface area contributed by atoms with Gasteiger partial charge in [-0.25, -0.2) is 0 Å². The summed E-state index contributed by atoms with van der Waals surface area (Å²) in [5.74, 6) is 0.924. The SMILES string of the molecule is CC.CCC(C)(C)CC(C)(CC)c1ccc(OI)cc1.[B]=C. The van der Waals surface area contributed by atoms with Crippen molar-refractivity contribution in [1.82, 2.24) is 0 Å². The molecule has 0 heterocycles. The van der Waals surface area contributed by atoms with Gasteiger partial charge in [0.15, 0.2) is 23.0 Å². The van der Waals surface area contributed by atoms with Crippen LogP contribution in [0, 0.1) is 5.41 Å². The molecule has 1 aromatic rings. The topological polar surface area (TPSA) is 9.23 Å². The standard InChI is InChI=1S/C16H25IO.C2H6.CH2B/c1-6-15(3,4)12-16(5,7-2)13-8-10-14(18-17)11-9-13;2*1-2/h8-11H,6-7,12H2,1-5H3;1-2H3;1H2. The Hall–Kier alpha value is -0.315. The predicted molar refractivity (Wildman–Crippen MR) is 112 cm³/mol. The van der Waals surface area contributed by atoms with E-state index in [1.165, 1.54) is 24.8 Å². The second-order valence-corrected chi connectivity index (χ2v) is 6.65. The number of halogens is 1. The van der Waals surface area contributed by atoms with E-state index in [-0.39, 0.29) is 5.41 Å². The number of hydrogen-bond donors (Lipinski definition) is 0. The van der Waals surface area contributed by atoms with Crippen LogP contribution in [0.2, 0.25) is 0 Å². The van der Waals surface area contributed by atoms with E-state index in [1.807, 2.05) is 36.9 Å². The molecule has 0 aliphatic heterocycles. The summed E-state index contributed by atoms with van der Waals surface area (Å²) < 4.78 is 5.21. The van der Waals surface area contributed by atoms with Crippen LogP contribution in [0.3, 0.4) is 0 Å². The molecular weight excluding hydrogens is 382 g/mol. The number of rotatable bonds is 6. The molecular formula is C19H33BIO. The third kappa shape index (κ3) is 7.80. The quantitative estimate of drug-likeness (QED) is 0.380. The third-order valence-corrected chi connectivity index (χ3v) is 4.76. The Balaban J connectivity index is 0. The molecule has 1 radical (unpaired) electrons. The summed E-state index contributed by atoms with van der Waals surface area (Å²) in [5, 5.41) is 0. The monoisotopic (exact) mass is 415 g/mol. The van der Waals surface area contributed by atoms with Gasteiger partial charge in [-0.05, 0) is 41.4 Å². The fourth-order valence-electron chi connectivity index (χ4n) is 2.52. The Morgan fingerprint density at radius 3 is 1.77 bits per heavy atom.